The van der Waals surface area contributed by atoms with Gasteiger partial charge in [0.2, 0.25) is 5.91 Å². The van der Waals surface area contributed by atoms with Gasteiger partial charge in [0.1, 0.15) is 6.54 Å². The molecule has 0 aliphatic carbocycles. The second-order valence-corrected chi connectivity index (χ2v) is 5.44. The van der Waals surface area contributed by atoms with Crippen molar-refractivity contribution in [2.45, 2.75) is 19.6 Å². The van der Waals surface area contributed by atoms with E-state index in [9.17, 15) is 4.79 Å². The van der Waals surface area contributed by atoms with Crippen LogP contribution in [0.25, 0.3) is 0 Å². The Balaban J connectivity index is 1.98. The molecular formula is C13H15Cl2N5O. The fraction of sp³-hybridized carbons (Fsp3) is 0.308. The maximum atomic E-state index is 12.1. The maximum Gasteiger partial charge on any atom is 0.244 e. The van der Waals surface area contributed by atoms with Crippen LogP contribution in [-0.2, 0) is 24.4 Å². The van der Waals surface area contributed by atoms with Crippen LogP contribution in [0.15, 0.2) is 24.4 Å². The van der Waals surface area contributed by atoms with E-state index < -0.39 is 0 Å². The van der Waals surface area contributed by atoms with Crippen molar-refractivity contribution in [3.8, 4) is 0 Å². The number of rotatable bonds is 5. The molecule has 0 saturated heterocycles. The zero-order valence-electron chi connectivity index (χ0n) is 11.5. The predicted molar refractivity (Wildman–Crippen MR) is 80.8 cm³/mol. The first kappa shape index (κ1) is 15.8. The van der Waals surface area contributed by atoms with E-state index in [1.807, 2.05) is 0 Å². The summed E-state index contributed by atoms with van der Waals surface area (Å²) in [6.45, 7) is 0.798. The third-order valence-corrected chi connectivity index (χ3v) is 3.53. The van der Waals surface area contributed by atoms with Crippen LogP contribution in [0.1, 0.15) is 11.3 Å². The highest BCUT2D eigenvalue weighted by atomic mass is 35.5. The molecule has 0 aliphatic rings. The van der Waals surface area contributed by atoms with Crippen LogP contribution in [0, 0.1) is 0 Å². The number of amides is 1. The van der Waals surface area contributed by atoms with Gasteiger partial charge in [-0.3, -0.25) is 4.79 Å². The Bertz CT molecular complexity index is 643. The predicted octanol–water partition coefficient (Wildman–Crippen LogP) is 1.70. The van der Waals surface area contributed by atoms with Gasteiger partial charge in [-0.25, -0.2) is 4.68 Å². The molecule has 0 saturated carbocycles. The zero-order chi connectivity index (χ0) is 15.4. The van der Waals surface area contributed by atoms with Crippen LogP contribution >= 0.6 is 23.2 Å². The standard InChI is InChI=1S/C13H15Cl2N5O/c1-19(6-9-2-3-10(14)4-12(9)15)13(21)8-20-7-11(5-16)17-18-20/h2-4,7H,5-6,8,16H2,1H3. The molecule has 0 fully saturated rings. The van der Waals surface area contributed by atoms with Crippen LogP contribution in [0.5, 0.6) is 0 Å². The third-order valence-electron chi connectivity index (χ3n) is 2.94. The van der Waals surface area contributed by atoms with E-state index in [-0.39, 0.29) is 12.5 Å². The molecule has 1 heterocycles. The van der Waals surface area contributed by atoms with Crippen molar-refractivity contribution in [3.63, 3.8) is 0 Å². The number of nitrogens with zero attached hydrogens (tertiary/aromatic N) is 4. The summed E-state index contributed by atoms with van der Waals surface area (Å²) in [6.07, 6.45) is 1.65. The van der Waals surface area contributed by atoms with Crippen LogP contribution in [-0.4, -0.2) is 32.8 Å². The van der Waals surface area contributed by atoms with Crippen LogP contribution < -0.4 is 5.73 Å². The minimum absolute atomic E-state index is 0.102. The third kappa shape index (κ3) is 4.17. The van der Waals surface area contributed by atoms with Crippen molar-refractivity contribution in [2.75, 3.05) is 7.05 Å². The van der Waals surface area contributed by atoms with Crippen molar-refractivity contribution in [2.24, 2.45) is 5.73 Å². The van der Waals surface area contributed by atoms with E-state index in [0.717, 1.165) is 5.56 Å². The molecule has 8 heteroatoms. The first-order valence-electron chi connectivity index (χ1n) is 6.26. The number of halogens is 2. The number of hydrogen-bond donors (Lipinski definition) is 1. The number of carbonyl (C=O) groups is 1. The second kappa shape index (κ2) is 6.89. The van der Waals surface area contributed by atoms with Gasteiger partial charge >= 0.3 is 0 Å². The molecule has 0 radical (unpaired) electrons. The number of likely N-dealkylation sites (N-methyl/N-ethyl adjacent to an activating group) is 1. The number of aromatic nitrogens is 3. The van der Waals surface area contributed by atoms with Gasteiger partial charge < -0.3 is 10.6 Å². The summed E-state index contributed by atoms with van der Waals surface area (Å²) < 4.78 is 1.46. The molecule has 0 bridgehead atoms. The van der Waals surface area contributed by atoms with Gasteiger partial charge in [-0.1, -0.05) is 34.5 Å². The summed E-state index contributed by atoms with van der Waals surface area (Å²) in [5.41, 5.74) is 6.92. The lowest BCUT2D eigenvalue weighted by atomic mass is 10.2. The molecule has 1 aromatic carbocycles. The molecule has 0 atom stereocenters. The Morgan fingerprint density at radius 2 is 2.19 bits per heavy atom. The Morgan fingerprint density at radius 1 is 1.43 bits per heavy atom. The van der Waals surface area contributed by atoms with E-state index in [1.165, 1.54) is 4.68 Å². The van der Waals surface area contributed by atoms with Crippen molar-refractivity contribution in [3.05, 3.63) is 45.7 Å². The molecule has 112 valence electrons. The van der Waals surface area contributed by atoms with Crippen LogP contribution in [0.2, 0.25) is 10.0 Å². The number of carbonyl (C=O) groups excluding carboxylic acids is 1. The molecule has 0 unspecified atom stereocenters. The lowest BCUT2D eigenvalue weighted by Crippen LogP contribution is -2.30. The van der Waals surface area contributed by atoms with Gasteiger partial charge in [0.25, 0.3) is 0 Å². The van der Waals surface area contributed by atoms with Gasteiger partial charge in [-0.15, -0.1) is 5.10 Å². The summed E-state index contributed by atoms with van der Waals surface area (Å²) >= 11 is 11.9. The molecule has 2 rings (SSSR count). The molecule has 1 aromatic heterocycles. The van der Waals surface area contributed by atoms with Crippen molar-refractivity contribution in [1.29, 1.82) is 0 Å². The quantitative estimate of drug-likeness (QED) is 0.906. The minimum atomic E-state index is -0.102. The number of hydrogen-bond acceptors (Lipinski definition) is 4. The monoisotopic (exact) mass is 327 g/mol. The van der Waals surface area contributed by atoms with E-state index in [0.29, 0.717) is 28.8 Å². The van der Waals surface area contributed by atoms with Gasteiger partial charge in [0, 0.05) is 30.2 Å². The Morgan fingerprint density at radius 3 is 2.81 bits per heavy atom. The van der Waals surface area contributed by atoms with E-state index in [4.69, 9.17) is 28.9 Å². The van der Waals surface area contributed by atoms with E-state index >= 15 is 0 Å². The summed E-state index contributed by atoms with van der Waals surface area (Å²) in [7, 11) is 1.70. The van der Waals surface area contributed by atoms with Crippen molar-refractivity contribution >= 4 is 29.1 Å². The van der Waals surface area contributed by atoms with E-state index in [2.05, 4.69) is 10.3 Å². The molecule has 6 nitrogen and oxygen atoms in total. The lowest BCUT2D eigenvalue weighted by molar-refractivity contribution is -0.131. The summed E-state index contributed by atoms with van der Waals surface area (Å²) in [6, 6.07) is 5.20. The molecule has 0 spiro atoms. The first-order valence-corrected chi connectivity index (χ1v) is 7.02. The van der Waals surface area contributed by atoms with Gasteiger partial charge in [-0.05, 0) is 17.7 Å². The minimum Gasteiger partial charge on any atom is -0.340 e. The van der Waals surface area contributed by atoms with Crippen molar-refractivity contribution < 1.29 is 4.79 Å². The highest BCUT2D eigenvalue weighted by molar-refractivity contribution is 6.35. The van der Waals surface area contributed by atoms with Crippen LogP contribution in [0.3, 0.4) is 0 Å². The summed E-state index contributed by atoms with van der Waals surface area (Å²) in [5, 5.41) is 8.78. The highest BCUT2D eigenvalue weighted by Gasteiger charge is 2.13. The van der Waals surface area contributed by atoms with Gasteiger partial charge in [-0.2, -0.15) is 0 Å². The molecule has 2 N–H and O–H groups in total. The van der Waals surface area contributed by atoms with E-state index in [1.54, 1.807) is 36.3 Å². The molecule has 1 amide bonds. The fourth-order valence-electron chi connectivity index (χ4n) is 1.76. The topological polar surface area (TPSA) is 77.0 Å². The Hall–Kier alpha value is -1.63. The van der Waals surface area contributed by atoms with Gasteiger partial charge in [0.05, 0.1) is 11.9 Å². The molecule has 2 aromatic rings. The summed E-state index contributed by atoms with van der Waals surface area (Å²) in [4.78, 5) is 13.7. The largest absolute Gasteiger partial charge is 0.340 e. The zero-order valence-corrected chi connectivity index (χ0v) is 13.0. The Kier molecular flexibility index (Phi) is 5.17. The van der Waals surface area contributed by atoms with Crippen LogP contribution in [0.4, 0.5) is 0 Å². The number of nitrogens with two attached hydrogens (primary N) is 1. The first-order chi connectivity index (χ1) is 9.99. The normalized spacial score (nSPS) is 10.7. The fourth-order valence-corrected chi connectivity index (χ4v) is 2.23. The second-order valence-electron chi connectivity index (χ2n) is 4.60. The Labute approximate surface area is 132 Å². The average Bonchev–Trinajstić information content (AvgIpc) is 2.89. The smallest absolute Gasteiger partial charge is 0.244 e. The molecule has 0 aliphatic heterocycles. The molecule has 21 heavy (non-hydrogen) atoms. The van der Waals surface area contributed by atoms with Gasteiger partial charge in [0.15, 0.2) is 0 Å². The highest BCUT2D eigenvalue weighted by Crippen LogP contribution is 2.22. The SMILES string of the molecule is CN(Cc1ccc(Cl)cc1Cl)C(=O)Cn1cc(CN)nn1. The lowest BCUT2D eigenvalue weighted by Gasteiger charge is -2.18. The van der Waals surface area contributed by atoms with Crippen molar-refractivity contribution in [1.82, 2.24) is 19.9 Å². The number of benzene rings is 1. The maximum absolute atomic E-state index is 12.1. The average molecular weight is 328 g/mol. The summed E-state index contributed by atoms with van der Waals surface area (Å²) in [5.74, 6) is -0.102. The molecular weight excluding hydrogens is 313 g/mol.